The number of rotatable bonds is 1. The van der Waals surface area contributed by atoms with Crippen LogP contribution in [0.25, 0.3) is 0 Å². The molecule has 0 aliphatic heterocycles. The molecule has 1 aromatic carbocycles. The van der Waals surface area contributed by atoms with Crippen molar-refractivity contribution in [2.75, 3.05) is 7.05 Å². The summed E-state index contributed by atoms with van der Waals surface area (Å²) in [5.74, 6) is -0.489. The Hall–Kier alpha value is -1.46. The van der Waals surface area contributed by atoms with Crippen LogP contribution in [0, 0.1) is 0 Å². The smallest absolute Gasteiger partial charge is 0.428 e. The van der Waals surface area contributed by atoms with E-state index in [9.17, 15) is 9.59 Å². The van der Waals surface area contributed by atoms with Crippen molar-refractivity contribution in [1.29, 1.82) is 0 Å². The van der Waals surface area contributed by atoms with Crippen molar-refractivity contribution in [2.45, 2.75) is 26.4 Å². The first-order valence-electron chi connectivity index (χ1n) is 5.83. The first-order valence-corrected chi connectivity index (χ1v) is 6.58. The van der Waals surface area contributed by atoms with Gasteiger partial charge in [-0.25, -0.2) is 9.80 Å². The van der Waals surface area contributed by atoms with E-state index >= 15 is 0 Å². The standard InChI is InChI=1S/C13H16Cl2N2O3/c1-13(2,3)20-12(19)17(4)16-11(18)8-5-6-9(14)10(15)7-8/h5-7H,1-4H3,(H,16,18). The van der Waals surface area contributed by atoms with Crippen LogP contribution < -0.4 is 5.43 Å². The second kappa shape index (κ2) is 6.33. The van der Waals surface area contributed by atoms with Crippen LogP contribution in [0.3, 0.4) is 0 Å². The van der Waals surface area contributed by atoms with E-state index in [-0.39, 0.29) is 10.6 Å². The Morgan fingerprint density at radius 2 is 1.80 bits per heavy atom. The third-order valence-electron chi connectivity index (χ3n) is 2.12. The Labute approximate surface area is 127 Å². The molecule has 0 unspecified atom stereocenters. The number of ether oxygens (including phenoxy) is 1. The third-order valence-corrected chi connectivity index (χ3v) is 2.86. The summed E-state index contributed by atoms with van der Waals surface area (Å²) in [4.78, 5) is 23.6. The first kappa shape index (κ1) is 16.6. The topological polar surface area (TPSA) is 58.6 Å². The largest absolute Gasteiger partial charge is 0.442 e. The lowest BCUT2D eigenvalue weighted by Gasteiger charge is -2.24. The van der Waals surface area contributed by atoms with Crippen molar-refractivity contribution >= 4 is 35.2 Å². The van der Waals surface area contributed by atoms with Gasteiger partial charge in [0.1, 0.15) is 5.60 Å². The first-order chi connectivity index (χ1) is 9.10. The highest BCUT2D eigenvalue weighted by atomic mass is 35.5. The molecule has 0 heterocycles. The number of nitrogens with one attached hydrogen (secondary N) is 1. The van der Waals surface area contributed by atoms with Gasteiger partial charge in [-0.3, -0.25) is 10.2 Å². The third kappa shape index (κ3) is 4.90. The summed E-state index contributed by atoms with van der Waals surface area (Å²) in [6.45, 7) is 5.21. The lowest BCUT2D eigenvalue weighted by molar-refractivity contribution is 0.0195. The molecule has 0 fully saturated rings. The molecule has 0 aliphatic rings. The average molecular weight is 319 g/mol. The minimum absolute atomic E-state index is 0.263. The summed E-state index contributed by atoms with van der Waals surface area (Å²) >= 11 is 11.6. The van der Waals surface area contributed by atoms with Crippen LogP contribution in [-0.4, -0.2) is 29.7 Å². The molecule has 0 saturated carbocycles. The maximum Gasteiger partial charge on any atom is 0.428 e. The number of benzene rings is 1. The number of carbonyl (C=O) groups is 2. The summed E-state index contributed by atoms with van der Waals surface area (Å²) in [6.07, 6.45) is -0.661. The van der Waals surface area contributed by atoms with Crippen LogP contribution in [0.4, 0.5) is 4.79 Å². The number of halogens is 2. The molecule has 0 spiro atoms. The SMILES string of the molecule is CN(NC(=O)c1ccc(Cl)c(Cl)c1)C(=O)OC(C)(C)C. The van der Waals surface area contributed by atoms with Crippen LogP contribution in [0.5, 0.6) is 0 Å². The molecule has 7 heteroatoms. The summed E-state index contributed by atoms with van der Waals surface area (Å²) in [5, 5.41) is 1.58. The lowest BCUT2D eigenvalue weighted by Crippen LogP contribution is -2.45. The van der Waals surface area contributed by atoms with Gasteiger partial charge in [0.2, 0.25) is 0 Å². The van der Waals surface area contributed by atoms with Crippen LogP contribution in [0.2, 0.25) is 10.0 Å². The van der Waals surface area contributed by atoms with E-state index in [4.69, 9.17) is 27.9 Å². The fraction of sp³-hybridized carbons (Fsp3) is 0.385. The molecule has 110 valence electrons. The molecule has 5 nitrogen and oxygen atoms in total. The van der Waals surface area contributed by atoms with E-state index in [1.807, 2.05) is 0 Å². The van der Waals surface area contributed by atoms with Gasteiger partial charge in [-0.2, -0.15) is 0 Å². The Bertz CT molecular complexity index is 527. The van der Waals surface area contributed by atoms with Gasteiger partial charge in [-0.05, 0) is 39.0 Å². The molecule has 1 N–H and O–H groups in total. The molecule has 1 aromatic rings. The monoisotopic (exact) mass is 318 g/mol. The van der Waals surface area contributed by atoms with E-state index in [0.29, 0.717) is 5.02 Å². The van der Waals surface area contributed by atoms with Crippen molar-refractivity contribution < 1.29 is 14.3 Å². The van der Waals surface area contributed by atoms with Gasteiger partial charge in [0.15, 0.2) is 0 Å². The van der Waals surface area contributed by atoms with Crippen molar-refractivity contribution in [3.63, 3.8) is 0 Å². The molecule has 0 atom stereocenters. The summed E-state index contributed by atoms with van der Waals surface area (Å²) in [6, 6.07) is 4.43. The lowest BCUT2D eigenvalue weighted by atomic mass is 10.2. The predicted octanol–water partition coefficient (Wildman–Crippen LogP) is 3.51. The zero-order chi connectivity index (χ0) is 15.5. The number of carbonyl (C=O) groups excluding carboxylic acids is 2. The molecular formula is C13H16Cl2N2O3. The summed E-state index contributed by atoms with van der Waals surface area (Å²) < 4.78 is 5.10. The van der Waals surface area contributed by atoms with E-state index < -0.39 is 17.6 Å². The highest BCUT2D eigenvalue weighted by Crippen LogP contribution is 2.22. The van der Waals surface area contributed by atoms with Gasteiger partial charge < -0.3 is 4.74 Å². The second-order valence-electron chi connectivity index (χ2n) is 5.11. The van der Waals surface area contributed by atoms with Gasteiger partial charge in [0, 0.05) is 12.6 Å². The Kier molecular flexibility index (Phi) is 5.25. The fourth-order valence-electron chi connectivity index (χ4n) is 1.23. The van der Waals surface area contributed by atoms with E-state index in [0.717, 1.165) is 5.01 Å². The quantitative estimate of drug-likeness (QED) is 0.806. The van der Waals surface area contributed by atoms with Gasteiger partial charge in [0.25, 0.3) is 5.91 Å². The minimum Gasteiger partial charge on any atom is -0.442 e. The zero-order valence-corrected chi connectivity index (χ0v) is 13.2. The van der Waals surface area contributed by atoms with E-state index in [1.54, 1.807) is 20.8 Å². The van der Waals surface area contributed by atoms with E-state index in [1.165, 1.54) is 25.2 Å². The van der Waals surface area contributed by atoms with Gasteiger partial charge in [-0.1, -0.05) is 23.2 Å². The highest BCUT2D eigenvalue weighted by Gasteiger charge is 2.21. The van der Waals surface area contributed by atoms with Crippen molar-refractivity contribution in [3.8, 4) is 0 Å². The molecule has 2 amide bonds. The van der Waals surface area contributed by atoms with Crippen LogP contribution in [0.15, 0.2) is 18.2 Å². The van der Waals surface area contributed by atoms with Crippen molar-refractivity contribution in [2.24, 2.45) is 0 Å². The normalized spacial score (nSPS) is 10.9. The number of nitrogens with zero attached hydrogens (tertiary/aromatic N) is 1. The van der Waals surface area contributed by atoms with Gasteiger partial charge in [-0.15, -0.1) is 0 Å². The number of hydrogen-bond donors (Lipinski definition) is 1. The Balaban J connectivity index is 2.70. The summed E-state index contributed by atoms with van der Waals surface area (Å²) in [5.41, 5.74) is 2.03. The molecule has 0 bridgehead atoms. The fourth-order valence-corrected chi connectivity index (χ4v) is 1.53. The molecule has 0 aromatic heterocycles. The predicted molar refractivity (Wildman–Crippen MR) is 77.9 cm³/mol. The van der Waals surface area contributed by atoms with Gasteiger partial charge in [0.05, 0.1) is 10.0 Å². The highest BCUT2D eigenvalue weighted by molar-refractivity contribution is 6.42. The molecule has 0 aliphatic carbocycles. The maximum absolute atomic E-state index is 11.9. The molecule has 20 heavy (non-hydrogen) atoms. The number of amides is 2. The molecule has 0 radical (unpaired) electrons. The summed E-state index contributed by atoms with van der Waals surface area (Å²) in [7, 11) is 1.39. The minimum atomic E-state index is -0.661. The van der Waals surface area contributed by atoms with Crippen LogP contribution in [-0.2, 0) is 4.74 Å². The number of hydrazine groups is 1. The van der Waals surface area contributed by atoms with Crippen molar-refractivity contribution in [1.82, 2.24) is 10.4 Å². The van der Waals surface area contributed by atoms with Crippen LogP contribution in [0.1, 0.15) is 31.1 Å². The van der Waals surface area contributed by atoms with E-state index in [2.05, 4.69) is 5.43 Å². The number of hydrogen-bond acceptors (Lipinski definition) is 3. The van der Waals surface area contributed by atoms with Crippen molar-refractivity contribution in [3.05, 3.63) is 33.8 Å². The maximum atomic E-state index is 11.9. The Morgan fingerprint density at radius 1 is 1.20 bits per heavy atom. The van der Waals surface area contributed by atoms with Crippen LogP contribution >= 0.6 is 23.2 Å². The molecule has 1 rings (SSSR count). The average Bonchev–Trinajstić information content (AvgIpc) is 2.30. The second-order valence-corrected chi connectivity index (χ2v) is 5.92. The molecular weight excluding hydrogens is 303 g/mol. The zero-order valence-electron chi connectivity index (χ0n) is 11.7. The Morgan fingerprint density at radius 3 is 2.30 bits per heavy atom. The van der Waals surface area contributed by atoms with Gasteiger partial charge >= 0.3 is 6.09 Å². The molecule has 0 saturated heterocycles.